The van der Waals surface area contributed by atoms with Gasteiger partial charge in [-0.3, -0.25) is 0 Å². The molecule has 0 N–H and O–H groups in total. The first-order chi connectivity index (χ1) is 3.77. The summed E-state index contributed by atoms with van der Waals surface area (Å²) in [4.78, 5) is 0. The summed E-state index contributed by atoms with van der Waals surface area (Å²) in [5.74, 6) is 0. The highest BCUT2D eigenvalue weighted by Crippen LogP contribution is 2.26. The summed E-state index contributed by atoms with van der Waals surface area (Å²) in [5, 5.41) is 0. The largest absolute Gasteiger partial charge is 0.491 e. The van der Waals surface area contributed by atoms with Gasteiger partial charge in [0.25, 0.3) is 0 Å². The highest BCUT2D eigenvalue weighted by Gasteiger charge is 2.25. The Bertz CT molecular complexity index is 126. The Morgan fingerprint density at radius 2 is 2.50 bits per heavy atom. The van der Waals surface area contributed by atoms with Gasteiger partial charge in [0.2, 0.25) is 0 Å². The molecular formula is C7H10O. The molecule has 44 valence electrons. The Balaban J connectivity index is 2.43. The van der Waals surface area contributed by atoms with Crippen LogP contribution in [0.4, 0.5) is 0 Å². The van der Waals surface area contributed by atoms with E-state index in [1.54, 1.807) is 0 Å². The molecule has 0 saturated carbocycles. The van der Waals surface area contributed by atoms with Crippen molar-refractivity contribution in [2.24, 2.45) is 0 Å². The molecule has 1 aliphatic rings. The summed E-state index contributed by atoms with van der Waals surface area (Å²) in [6, 6.07) is 0. The van der Waals surface area contributed by atoms with Crippen molar-refractivity contribution >= 4 is 0 Å². The molecule has 1 heteroatoms. The van der Waals surface area contributed by atoms with Crippen molar-refractivity contribution in [3.05, 3.63) is 25.0 Å². The van der Waals surface area contributed by atoms with Crippen LogP contribution < -0.4 is 0 Å². The zero-order chi connectivity index (χ0) is 6.04. The lowest BCUT2D eigenvalue weighted by atomic mass is 9.92. The van der Waals surface area contributed by atoms with E-state index >= 15 is 0 Å². The molecule has 0 spiro atoms. The van der Waals surface area contributed by atoms with Crippen LogP contribution in [0.3, 0.4) is 0 Å². The van der Waals surface area contributed by atoms with Gasteiger partial charge >= 0.3 is 0 Å². The molecule has 0 bridgehead atoms. The topological polar surface area (TPSA) is 9.23 Å². The van der Waals surface area contributed by atoms with Crippen LogP contribution in [0, 0.1) is 0 Å². The summed E-state index contributed by atoms with van der Waals surface area (Å²) in [6.45, 7) is 5.51. The number of hydrogen-bond acceptors (Lipinski definition) is 1. The second kappa shape index (κ2) is 1.66. The first-order valence-corrected chi connectivity index (χ1v) is 2.73. The van der Waals surface area contributed by atoms with Crippen LogP contribution in [0.5, 0.6) is 0 Å². The molecule has 8 heavy (non-hydrogen) atoms. The minimum atomic E-state index is -0.0260. The van der Waals surface area contributed by atoms with Crippen molar-refractivity contribution in [2.75, 3.05) is 0 Å². The third-order valence-electron chi connectivity index (χ3n) is 1.35. The molecule has 0 amide bonds. The Hall–Kier alpha value is -0.720. The fraction of sp³-hybridized carbons (Fsp3) is 0.429. The normalized spacial score (nSPS) is 33.6. The maximum atomic E-state index is 5.14. The molecule has 0 fully saturated rings. The molecule has 0 aromatic carbocycles. The van der Waals surface area contributed by atoms with E-state index in [0.29, 0.717) is 0 Å². The third-order valence-corrected chi connectivity index (χ3v) is 1.35. The van der Waals surface area contributed by atoms with Crippen LogP contribution in [0.25, 0.3) is 0 Å². The van der Waals surface area contributed by atoms with Crippen molar-refractivity contribution in [2.45, 2.75) is 18.9 Å². The molecule has 1 nitrogen and oxygen atoms in total. The molecule has 1 unspecified atom stereocenters. The molecule has 1 aliphatic carbocycles. The standard InChI is InChI=1S/C7H10O/c1-3-8-7(2)5-4-6-7/h3-5H,1,6H2,2H3. The minimum Gasteiger partial charge on any atom is -0.491 e. The van der Waals surface area contributed by atoms with E-state index in [1.807, 2.05) is 13.0 Å². The van der Waals surface area contributed by atoms with E-state index < -0.39 is 0 Å². The maximum absolute atomic E-state index is 5.14. The molecule has 0 heterocycles. The molecule has 1 atom stereocenters. The first-order valence-electron chi connectivity index (χ1n) is 2.73. The molecule has 1 rings (SSSR count). The zero-order valence-corrected chi connectivity index (χ0v) is 5.05. The summed E-state index contributed by atoms with van der Waals surface area (Å²) >= 11 is 0. The molecule has 0 radical (unpaired) electrons. The van der Waals surface area contributed by atoms with Crippen molar-refractivity contribution in [1.82, 2.24) is 0 Å². The molecule has 0 aromatic heterocycles. The summed E-state index contributed by atoms with van der Waals surface area (Å²) in [6.07, 6.45) is 6.63. The third kappa shape index (κ3) is 0.760. The smallest absolute Gasteiger partial charge is 0.127 e. The van der Waals surface area contributed by atoms with Crippen LogP contribution in [0.1, 0.15) is 13.3 Å². The van der Waals surface area contributed by atoms with Gasteiger partial charge in [0.05, 0.1) is 6.26 Å². The summed E-state index contributed by atoms with van der Waals surface area (Å²) in [7, 11) is 0. The Labute approximate surface area is 49.7 Å². The van der Waals surface area contributed by atoms with Gasteiger partial charge in [0, 0.05) is 6.42 Å². The van der Waals surface area contributed by atoms with Gasteiger partial charge in [-0.1, -0.05) is 12.7 Å². The van der Waals surface area contributed by atoms with Crippen LogP contribution >= 0.6 is 0 Å². The van der Waals surface area contributed by atoms with Crippen molar-refractivity contribution in [3.63, 3.8) is 0 Å². The first kappa shape index (κ1) is 5.42. The highest BCUT2D eigenvalue weighted by atomic mass is 16.5. The van der Waals surface area contributed by atoms with E-state index in [-0.39, 0.29) is 5.60 Å². The quantitative estimate of drug-likeness (QED) is 0.389. The Morgan fingerprint density at radius 3 is 2.62 bits per heavy atom. The summed E-state index contributed by atoms with van der Waals surface area (Å²) in [5.41, 5.74) is -0.0260. The minimum absolute atomic E-state index is 0.0260. The molecular weight excluding hydrogens is 100 g/mol. The second-order valence-corrected chi connectivity index (χ2v) is 2.20. The number of ether oxygens (including phenoxy) is 1. The fourth-order valence-electron chi connectivity index (χ4n) is 0.728. The van der Waals surface area contributed by atoms with E-state index in [2.05, 4.69) is 12.7 Å². The van der Waals surface area contributed by atoms with E-state index in [9.17, 15) is 0 Å². The SMILES string of the molecule is C=COC1(C)C=CC1. The van der Waals surface area contributed by atoms with Gasteiger partial charge in [-0.2, -0.15) is 0 Å². The fourth-order valence-corrected chi connectivity index (χ4v) is 0.728. The van der Waals surface area contributed by atoms with Crippen molar-refractivity contribution in [1.29, 1.82) is 0 Å². The maximum Gasteiger partial charge on any atom is 0.127 e. The molecule has 0 aromatic rings. The second-order valence-electron chi connectivity index (χ2n) is 2.20. The van der Waals surface area contributed by atoms with Crippen LogP contribution in [-0.4, -0.2) is 5.60 Å². The van der Waals surface area contributed by atoms with Gasteiger partial charge < -0.3 is 4.74 Å². The van der Waals surface area contributed by atoms with Crippen LogP contribution in [-0.2, 0) is 4.74 Å². The van der Waals surface area contributed by atoms with Crippen molar-refractivity contribution in [3.8, 4) is 0 Å². The van der Waals surface area contributed by atoms with E-state index in [1.165, 1.54) is 6.26 Å². The van der Waals surface area contributed by atoms with Gasteiger partial charge in [0.1, 0.15) is 5.60 Å². The molecule has 0 aliphatic heterocycles. The Kier molecular flexibility index (Phi) is 1.12. The lowest BCUT2D eigenvalue weighted by molar-refractivity contribution is 0.0744. The number of rotatable bonds is 2. The zero-order valence-electron chi connectivity index (χ0n) is 5.05. The lowest BCUT2D eigenvalue weighted by Crippen LogP contribution is -2.28. The van der Waals surface area contributed by atoms with Crippen LogP contribution in [0.15, 0.2) is 25.0 Å². The van der Waals surface area contributed by atoms with E-state index in [0.717, 1.165) is 6.42 Å². The van der Waals surface area contributed by atoms with E-state index in [4.69, 9.17) is 4.74 Å². The predicted molar refractivity (Wildman–Crippen MR) is 33.4 cm³/mol. The molecule has 0 saturated heterocycles. The lowest BCUT2D eigenvalue weighted by Gasteiger charge is -2.29. The van der Waals surface area contributed by atoms with Gasteiger partial charge in [-0.15, -0.1) is 0 Å². The van der Waals surface area contributed by atoms with Crippen LogP contribution in [0.2, 0.25) is 0 Å². The average molecular weight is 110 g/mol. The van der Waals surface area contributed by atoms with Gasteiger partial charge in [-0.05, 0) is 13.0 Å². The van der Waals surface area contributed by atoms with Gasteiger partial charge in [0.15, 0.2) is 0 Å². The Morgan fingerprint density at radius 1 is 1.88 bits per heavy atom. The summed E-state index contributed by atoms with van der Waals surface area (Å²) < 4.78 is 5.14. The van der Waals surface area contributed by atoms with Crippen molar-refractivity contribution < 1.29 is 4.74 Å². The average Bonchev–Trinajstić information content (AvgIpc) is 1.64. The van der Waals surface area contributed by atoms with Gasteiger partial charge in [-0.25, -0.2) is 0 Å². The highest BCUT2D eigenvalue weighted by molar-refractivity contribution is 5.13. The predicted octanol–water partition coefficient (Wildman–Crippen LogP) is 1.87. The number of hydrogen-bond donors (Lipinski definition) is 0. The monoisotopic (exact) mass is 110 g/mol.